The Hall–Kier alpha value is -1.67. The summed E-state index contributed by atoms with van der Waals surface area (Å²) in [6, 6.07) is 7.58. The smallest absolute Gasteiger partial charge is 0.253 e. The maximum atomic E-state index is 13.8. The van der Waals surface area contributed by atoms with Crippen molar-refractivity contribution >= 4 is 21.6 Å². The lowest BCUT2D eigenvalue weighted by Crippen LogP contribution is -2.40. The van der Waals surface area contributed by atoms with Gasteiger partial charge in [0.2, 0.25) is 11.6 Å². The fourth-order valence-electron chi connectivity index (χ4n) is 3.05. The zero-order chi connectivity index (χ0) is 18.0. The molecule has 0 unspecified atom stereocenters. The van der Waals surface area contributed by atoms with Gasteiger partial charge in [-0.25, -0.2) is 0 Å². The van der Waals surface area contributed by atoms with Gasteiger partial charge in [-0.3, -0.25) is 0 Å². The van der Waals surface area contributed by atoms with Crippen molar-refractivity contribution in [3.05, 3.63) is 57.8 Å². The van der Waals surface area contributed by atoms with E-state index in [-0.39, 0.29) is 6.54 Å². The van der Waals surface area contributed by atoms with Gasteiger partial charge in [0.05, 0.1) is 0 Å². The van der Waals surface area contributed by atoms with Crippen molar-refractivity contribution in [3.63, 3.8) is 0 Å². The van der Waals surface area contributed by atoms with E-state index in [4.69, 9.17) is 4.74 Å². The van der Waals surface area contributed by atoms with Crippen LogP contribution < -0.4 is 5.32 Å². The second-order valence-electron chi connectivity index (χ2n) is 5.95. The summed E-state index contributed by atoms with van der Waals surface area (Å²) >= 11 is 3.41. The van der Waals surface area contributed by atoms with E-state index in [1.807, 2.05) is 24.3 Å². The second-order valence-corrected chi connectivity index (χ2v) is 6.87. The molecule has 2 heterocycles. The van der Waals surface area contributed by atoms with Crippen LogP contribution >= 0.6 is 15.9 Å². The van der Waals surface area contributed by atoms with Crippen molar-refractivity contribution in [2.45, 2.75) is 18.3 Å². The topological polar surface area (TPSA) is 34.2 Å². The maximum absolute atomic E-state index is 13.8. The Morgan fingerprint density at radius 1 is 1.08 bits per heavy atom. The molecule has 25 heavy (non-hydrogen) atoms. The van der Waals surface area contributed by atoms with E-state index in [0.717, 1.165) is 10.0 Å². The van der Waals surface area contributed by atoms with Gasteiger partial charge in [0.25, 0.3) is 11.9 Å². The number of aromatic nitrogens is 1. The van der Waals surface area contributed by atoms with Gasteiger partial charge in [-0.2, -0.15) is 22.5 Å². The van der Waals surface area contributed by atoms with E-state index >= 15 is 0 Å². The molecule has 0 aliphatic carbocycles. The molecule has 1 aromatic carbocycles. The first-order valence-corrected chi connectivity index (χ1v) is 8.50. The molecule has 1 saturated heterocycles. The van der Waals surface area contributed by atoms with Gasteiger partial charge < -0.3 is 10.1 Å². The highest BCUT2D eigenvalue weighted by Crippen LogP contribution is 2.37. The van der Waals surface area contributed by atoms with Crippen molar-refractivity contribution in [3.8, 4) is 0 Å². The molecular weight excluding hydrogens is 404 g/mol. The highest BCUT2D eigenvalue weighted by molar-refractivity contribution is 9.10. The molecule has 1 aliphatic rings. The number of hydrogen-bond donors (Lipinski definition) is 1. The van der Waals surface area contributed by atoms with Gasteiger partial charge in [0.1, 0.15) is 5.69 Å². The van der Waals surface area contributed by atoms with E-state index in [9.17, 15) is 17.6 Å². The fraction of sp³-hybridized carbons (Fsp3) is 0.353. The Kier molecular flexibility index (Phi) is 5.29. The number of nitrogens with one attached hydrogen (secondary N) is 1. The minimum atomic E-state index is -1.68. The molecule has 1 aliphatic heterocycles. The predicted octanol–water partition coefficient (Wildman–Crippen LogP) is 4.56. The minimum Gasteiger partial charge on any atom is -0.381 e. The van der Waals surface area contributed by atoms with Crippen LogP contribution in [0.15, 0.2) is 28.7 Å². The van der Waals surface area contributed by atoms with Crippen LogP contribution in [0.25, 0.3) is 0 Å². The summed E-state index contributed by atoms with van der Waals surface area (Å²) in [4.78, 5) is 2.57. The van der Waals surface area contributed by atoms with Crippen LogP contribution in [0, 0.1) is 23.5 Å². The standard InChI is InChI=1S/C17H15BrF4N2O/c18-11-3-1-2-10(8-11)17(4-6-25-7-5-17)9-23-14-12(19)15(21)24-16(22)13(14)20/h1-3,8H,4-7,9H2,(H,23,24). The number of pyridine rings is 1. The Morgan fingerprint density at radius 2 is 1.72 bits per heavy atom. The average molecular weight is 419 g/mol. The number of benzene rings is 1. The molecule has 2 aromatic rings. The van der Waals surface area contributed by atoms with E-state index in [1.165, 1.54) is 0 Å². The van der Waals surface area contributed by atoms with Crippen molar-refractivity contribution in [2.75, 3.05) is 25.1 Å². The van der Waals surface area contributed by atoms with Gasteiger partial charge in [0.15, 0.2) is 0 Å². The Morgan fingerprint density at radius 3 is 2.32 bits per heavy atom. The molecule has 0 radical (unpaired) electrons. The molecule has 1 fully saturated rings. The van der Waals surface area contributed by atoms with Gasteiger partial charge in [-0.1, -0.05) is 28.1 Å². The Balaban J connectivity index is 1.93. The van der Waals surface area contributed by atoms with Crippen molar-refractivity contribution in [1.29, 1.82) is 0 Å². The first kappa shape index (κ1) is 18.1. The minimum absolute atomic E-state index is 0.101. The average Bonchev–Trinajstić information content (AvgIpc) is 2.61. The molecule has 0 amide bonds. The maximum Gasteiger partial charge on any atom is 0.253 e. The highest BCUT2D eigenvalue weighted by Gasteiger charge is 2.35. The molecule has 0 spiro atoms. The van der Waals surface area contributed by atoms with Crippen LogP contribution in [0.5, 0.6) is 0 Å². The lowest BCUT2D eigenvalue weighted by Gasteiger charge is -2.38. The summed E-state index contributed by atoms with van der Waals surface area (Å²) in [6.45, 7) is 1.07. The normalized spacial score (nSPS) is 16.7. The van der Waals surface area contributed by atoms with Crippen LogP contribution in [0.1, 0.15) is 18.4 Å². The van der Waals surface area contributed by atoms with Crippen LogP contribution in [0.4, 0.5) is 23.2 Å². The Labute approximate surface area is 150 Å². The molecular formula is C17H15BrF4N2O. The van der Waals surface area contributed by atoms with Crippen LogP contribution in [0.3, 0.4) is 0 Å². The van der Waals surface area contributed by atoms with E-state index in [2.05, 4.69) is 26.2 Å². The lowest BCUT2D eigenvalue weighted by atomic mass is 9.74. The molecule has 0 saturated carbocycles. The van der Waals surface area contributed by atoms with Crippen LogP contribution in [-0.4, -0.2) is 24.7 Å². The fourth-order valence-corrected chi connectivity index (χ4v) is 3.45. The summed E-state index contributed by atoms with van der Waals surface area (Å²) in [5.74, 6) is -6.42. The summed E-state index contributed by atoms with van der Waals surface area (Å²) < 4.78 is 60.6. The number of anilines is 1. The largest absolute Gasteiger partial charge is 0.381 e. The van der Waals surface area contributed by atoms with Crippen molar-refractivity contribution < 1.29 is 22.3 Å². The van der Waals surface area contributed by atoms with E-state index in [1.54, 1.807) is 0 Å². The van der Waals surface area contributed by atoms with Crippen molar-refractivity contribution in [1.82, 2.24) is 4.98 Å². The highest BCUT2D eigenvalue weighted by atomic mass is 79.9. The second kappa shape index (κ2) is 7.29. The number of halogens is 5. The predicted molar refractivity (Wildman–Crippen MR) is 88.4 cm³/mol. The molecule has 1 aromatic heterocycles. The van der Waals surface area contributed by atoms with Gasteiger partial charge in [-0.15, -0.1) is 0 Å². The monoisotopic (exact) mass is 418 g/mol. The summed E-state index contributed by atoms with van der Waals surface area (Å²) in [6.07, 6.45) is 1.21. The molecule has 3 nitrogen and oxygen atoms in total. The lowest BCUT2D eigenvalue weighted by molar-refractivity contribution is 0.0543. The molecule has 1 N–H and O–H groups in total. The quantitative estimate of drug-likeness (QED) is 0.583. The van der Waals surface area contributed by atoms with Crippen LogP contribution in [0.2, 0.25) is 0 Å². The first-order chi connectivity index (χ1) is 11.9. The van der Waals surface area contributed by atoms with Gasteiger partial charge in [-0.05, 0) is 30.5 Å². The SMILES string of the molecule is Fc1nc(F)c(F)c(NCC2(c3cccc(Br)c3)CCOCC2)c1F. The molecule has 8 heteroatoms. The third kappa shape index (κ3) is 3.64. The zero-order valence-corrected chi connectivity index (χ0v) is 14.7. The van der Waals surface area contributed by atoms with Gasteiger partial charge in [0, 0.05) is 29.6 Å². The molecule has 0 atom stereocenters. The zero-order valence-electron chi connectivity index (χ0n) is 13.1. The first-order valence-electron chi connectivity index (χ1n) is 7.71. The van der Waals surface area contributed by atoms with Gasteiger partial charge >= 0.3 is 0 Å². The van der Waals surface area contributed by atoms with E-state index in [0.29, 0.717) is 26.1 Å². The third-order valence-electron chi connectivity index (χ3n) is 4.49. The number of rotatable bonds is 4. The third-order valence-corrected chi connectivity index (χ3v) is 4.98. The van der Waals surface area contributed by atoms with Crippen molar-refractivity contribution in [2.24, 2.45) is 0 Å². The molecule has 3 rings (SSSR count). The summed E-state index contributed by atoms with van der Waals surface area (Å²) in [7, 11) is 0. The van der Waals surface area contributed by atoms with Crippen LogP contribution in [-0.2, 0) is 10.2 Å². The number of hydrogen-bond acceptors (Lipinski definition) is 3. The molecule has 134 valence electrons. The van der Waals surface area contributed by atoms with E-state index < -0.39 is 34.6 Å². The Bertz CT molecular complexity index is 755. The summed E-state index contributed by atoms with van der Waals surface area (Å²) in [5, 5.41) is 2.55. The number of ether oxygens (including phenoxy) is 1. The molecule has 0 bridgehead atoms. The summed E-state index contributed by atoms with van der Waals surface area (Å²) in [5.41, 5.74) is -0.365. The number of nitrogens with zero attached hydrogens (tertiary/aromatic N) is 1.